The second-order valence-electron chi connectivity index (χ2n) is 4.44. The molecule has 0 aliphatic rings. The van der Waals surface area contributed by atoms with Crippen LogP contribution in [0.4, 0.5) is 4.39 Å². The summed E-state index contributed by atoms with van der Waals surface area (Å²) in [5.74, 6) is -0.228. The van der Waals surface area contributed by atoms with Gasteiger partial charge in [-0.05, 0) is 43.3 Å². The number of thiazole rings is 1. The zero-order valence-electron chi connectivity index (χ0n) is 10.7. The fourth-order valence-corrected chi connectivity index (χ4v) is 3.36. The van der Waals surface area contributed by atoms with Gasteiger partial charge in [0.1, 0.15) is 10.8 Å². The van der Waals surface area contributed by atoms with E-state index in [2.05, 4.69) is 28.9 Å². The molecule has 0 amide bonds. The van der Waals surface area contributed by atoms with Crippen molar-refractivity contribution in [3.63, 3.8) is 0 Å². The number of rotatable bonds is 2. The number of halogens is 2. The Balaban J connectivity index is 2.05. The molecule has 0 saturated carbocycles. The van der Waals surface area contributed by atoms with E-state index in [1.165, 1.54) is 12.1 Å². The van der Waals surface area contributed by atoms with E-state index in [9.17, 15) is 4.39 Å². The van der Waals surface area contributed by atoms with E-state index >= 15 is 0 Å². The second-order valence-corrected chi connectivity index (χ2v) is 6.56. The molecule has 20 heavy (non-hydrogen) atoms. The smallest absolute Gasteiger partial charge is 0.124 e. The van der Waals surface area contributed by atoms with Crippen molar-refractivity contribution < 1.29 is 4.39 Å². The lowest BCUT2D eigenvalue weighted by molar-refractivity contribution is 0.628. The Bertz CT molecular complexity index is 749. The van der Waals surface area contributed by atoms with Crippen LogP contribution in [0.1, 0.15) is 4.88 Å². The highest BCUT2D eigenvalue weighted by Gasteiger charge is 2.11. The van der Waals surface area contributed by atoms with Crippen molar-refractivity contribution in [2.75, 3.05) is 0 Å². The lowest BCUT2D eigenvalue weighted by Crippen LogP contribution is -1.82. The predicted octanol–water partition coefficient (Wildman–Crippen LogP) is 5.69. The molecule has 0 N–H and O–H groups in total. The van der Waals surface area contributed by atoms with E-state index < -0.39 is 0 Å². The molecule has 0 radical (unpaired) electrons. The lowest BCUT2D eigenvalue weighted by atomic mass is 10.1. The van der Waals surface area contributed by atoms with Gasteiger partial charge in [-0.3, -0.25) is 0 Å². The van der Waals surface area contributed by atoms with Crippen molar-refractivity contribution in [2.24, 2.45) is 0 Å². The van der Waals surface area contributed by atoms with E-state index in [0.29, 0.717) is 0 Å². The maximum Gasteiger partial charge on any atom is 0.124 e. The monoisotopic (exact) mass is 347 g/mol. The first-order chi connectivity index (χ1) is 9.63. The Labute approximate surface area is 129 Å². The van der Waals surface area contributed by atoms with Crippen LogP contribution in [0.25, 0.3) is 21.8 Å². The molecule has 2 aromatic carbocycles. The summed E-state index contributed by atoms with van der Waals surface area (Å²) in [4.78, 5) is 5.85. The van der Waals surface area contributed by atoms with Gasteiger partial charge < -0.3 is 0 Å². The van der Waals surface area contributed by atoms with E-state index in [-0.39, 0.29) is 5.82 Å². The largest absolute Gasteiger partial charge is 0.236 e. The molecule has 0 aliphatic heterocycles. The van der Waals surface area contributed by atoms with Gasteiger partial charge in [-0.2, -0.15) is 0 Å². The molecule has 1 aromatic heterocycles. The Morgan fingerprint density at radius 3 is 2.50 bits per heavy atom. The highest BCUT2D eigenvalue weighted by molar-refractivity contribution is 9.10. The molecular weight excluding hydrogens is 337 g/mol. The van der Waals surface area contributed by atoms with Crippen LogP contribution >= 0.6 is 27.3 Å². The summed E-state index contributed by atoms with van der Waals surface area (Å²) >= 11 is 5.10. The number of benzene rings is 2. The molecule has 1 heterocycles. The molecule has 0 aliphatic carbocycles. The number of hydrogen-bond donors (Lipinski definition) is 0. The maximum absolute atomic E-state index is 13.0. The van der Waals surface area contributed by atoms with Gasteiger partial charge in [-0.1, -0.05) is 28.1 Å². The van der Waals surface area contributed by atoms with Crippen LogP contribution in [0.3, 0.4) is 0 Å². The van der Waals surface area contributed by atoms with Crippen molar-refractivity contribution in [1.82, 2.24) is 4.98 Å². The van der Waals surface area contributed by atoms with E-state index in [1.54, 1.807) is 23.5 Å². The normalized spacial score (nSPS) is 10.8. The van der Waals surface area contributed by atoms with Gasteiger partial charge in [0, 0.05) is 20.5 Å². The van der Waals surface area contributed by atoms with Crippen molar-refractivity contribution in [1.29, 1.82) is 0 Å². The SMILES string of the molecule is Cc1sc(-c2ccc(F)cc2)nc1-c1cccc(Br)c1. The zero-order chi connectivity index (χ0) is 14.1. The summed E-state index contributed by atoms with van der Waals surface area (Å²) in [7, 11) is 0. The van der Waals surface area contributed by atoms with Gasteiger partial charge in [-0.25, -0.2) is 9.37 Å². The predicted molar refractivity (Wildman–Crippen MR) is 85.4 cm³/mol. The Morgan fingerprint density at radius 2 is 1.80 bits per heavy atom. The van der Waals surface area contributed by atoms with Gasteiger partial charge in [0.25, 0.3) is 0 Å². The van der Waals surface area contributed by atoms with Gasteiger partial charge >= 0.3 is 0 Å². The summed E-state index contributed by atoms with van der Waals surface area (Å²) in [5.41, 5.74) is 3.01. The summed E-state index contributed by atoms with van der Waals surface area (Å²) in [5, 5.41) is 0.914. The molecule has 100 valence electrons. The molecule has 3 aromatic rings. The number of nitrogens with zero attached hydrogens (tertiary/aromatic N) is 1. The van der Waals surface area contributed by atoms with Crippen molar-refractivity contribution in [2.45, 2.75) is 6.92 Å². The van der Waals surface area contributed by atoms with Gasteiger partial charge in [0.15, 0.2) is 0 Å². The summed E-state index contributed by atoms with van der Waals surface area (Å²) in [6, 6.07) is 14.5. The molecule has 0 bridgehead atoms. The molecule has 0 atom stereocenters. The first-order valence-electron chi connectivity index (χ1n) is 6.13. The lowest BCUT2D eigenvalue weighted by Gasteiger charge is -1.99. The summed E-state index contributed by atoms with van der Waals surface area (Å²) < 4.78 is 14.0. The van der Waals surface area contributed by atoms with Crippen LogP contribution in [-0.2, 0) is 0 Å². The van der Waals surface area contributed by atoms with Crippen LogP contribution in [0.15, 0.2) is 53.0 Å². The standard InChI is InChI=1S/C16H11BrFNS/c1-10-15(12-3-2-4-13(17)9-12)19-16(20-10)11-5-7-14(18)8-6-11/h2-9H,1H3. The quantitative estimate of drug-likeness (QED) is 0.580. The molecule has 0 spiro atoms. The van der Waals surface area contributed by atoms with Crippen LogP contribution < -0.4 is 0 Å². The highest BCUT2D eigenvalue weighted by atomic mass is 79.9. The molecule has 0 fully saturated rings. The fourth-order valence-electron chi connectivity index (χ4n) is 2.02. The van der Waals surface area contributed by atoms with Crippen LogP contribution in [-0.4, -0.2) is 4.98 Å². The molecular formula is C16H11BrFNS. The van der Waals surface area contributed by atoms with Crippen LogP contribution in [0.5, 0.6) is 0 Å². The topological polar surface area (TPSA) is 12.9 Å². The van der Waals surface area contributed by atoms with Crippen LogP contribution in [0.2, 0.25) is 0 Å². The third kappa shape index (κ3) is 2.67. The minimum absolute atomic E-state index is 0.228. The third-order valence-corrected chi connectivity index (χ3v) is 4.50. The Morgan fingerprint density at radius 1 is 1.05 bits per heavy atom. The fraction of sp³-hybridized carbons (Fsp3) is 0.0625. The molecule has 0 saturated heterocycles. The summed E-state index contributed by atoms with van der Waals surface area (Å²) in [6.45, 7) is 2.06. The van der Waals surface area contributed by atoms with E-state index in [0.717, 1.165) is 31.2 Å². The van der Waals surface area contributed by atoms with Crippen molar-refractivity contribution >= 4 is 27.3 Å². The van der Waals surface area contributed by atoms with Crippen LogP contribution in [0, 0.1) is 12.7 Å². The number of hydrogen-bond acceptors (Lipinski definition) is 2. The van der Waals surface area contributed by atoms with Gasteiger partial charge in [0.05, 0.1) is 5.69 Å². The first-order valence-corrected chi connectivity index (χ1v) is 7.74. The van der Waals surface area contributed by atoms with E-state index in [4.69, 9.17) is 4.98 Å². The van der Waals surface area contributed by atoms with Gasteiger partial charge in [-0.15, -0.1) is 11.3 Å². The van der Waals surface area contributed by atoms with Crippen molar-refractivity contribution in [3.05, 3.63) is 63.7 Å². The van der Waals surface area contributed by atoms with Crippen molar-refractivity contribution in [3.8, 4) is 21.8 Å². The Kier molecular flexibility index (Phi) is 3.68. The molecule has 0 unspecified atom stereocenters. The number of aryl methyl sites for hydroxylation is 1. The molecule has 3 rings (SSSR count). The number of aromatic nitrogens is 1. The Hall–Kier alpha value is -1.52. The maximum atomic E-state index is 13.0. The average Bonchev–Trinajstić information content (AvgIpc) is 2.82. The first kappa shape index (κ1) is 13.5. The van der Waals surface area contributed by atoms with E-state index in [1.807, 2.05) is 18.2 Å². The second kappa shape index (κ2) is 5.46. The molecule has 1 nitrogen and oxygen atoms in total. The zero-order valence-corrected chi connectivity index (χ0v) is 13.1. The third-order valence-electron chi connectivity index (χ3n) is 2.99. The minimum atomic E-state index is -0.228. The summed E-state index contributed by atoms with van der Waals surface area (Å²) in [6.07, 6.45) is 0. The molecule has 4 heteroatoms. The van der Waals surface area contributed by atoms with Gasteiger partial charge in [0.2, 0.25) is 0 Å². The minimum Gasteiger partial charge on any atom is -0.236 e. The highest BCUT2D eigenvalue weighted by Crippen LogP contribution is 2.34. The average molecular weight is 348 g/mol.